The molecule has 0 aromatic carbocycles. The third-order valence-electron chi connectivity index (χ3n) is 3.38. The van der Waals surface area contributed by atoms with Gasteiger partial charge in [-0.2, -0.15) is 0 Å². The number of anilines is 1. The van der Waals surface area contributed by atoms with Crippen molar-refractivity contribution < 1.29 is 4.79 Å². The van der Waals surface area contributed by atoms with Crippen molar-refractivity contribution in [3.05, 3.63) is 54.1 Å². The average Bonchev–Trinajstić information content (AvgIpc) is 2.58. The number of carbonyl (C=O) groups excluding carboxylic acids is 1. The van der Waals surface area contributed by atoms with E-state index in [2.05, 4.69) is 22.2 Å². The molecule has 0 aliphatic heterocycles. The zero-order valence-electron chi connectivity index (χ0n) is 13.1. The van der Waals surface area contributed by atoms with E-state index in [1.54, 1.807) is 23.4 Å². The van der Waals surface area contributed by atoms with Crippen LogP contribution in [0.25, 0.3) is 0 Å². The molecule has 0 spiro atoms. The molecule has 0 saturated heterocycles. The molecule has 1 amide bonds. The number of unbranched alkanes of at least 4 members (excludes halogenated alkanes) is 1. The molecule has 0 unspecified atom stereocenters. The van der Waals surface area contributed by atoms with Crippen LogP contribution in [0.2, 0.25) is 0 Å². The molecule has 1 N–H and O–H groups in total. The van der Waals surface area contributed by atoms with E-state index in [0.717, 1.165) is 30.8 Å². The molecule has 0 atom stereocenters. The molecule has 2 aromatic rings. The number of nitrogens with zero attached hydrogens (tertiary/aromatic N) is 3. The molecule has 2 aromatic heterocycles. The monoisotopic (exact) mass is 298 g/mol. The van der Waals surface area contributed by atoms with Gasteiger partial charge in [-0.15, -0.1) is 0 Å². The van der Waals surface area contributed by atoms with Crippen LogP contribution in [0.15, 0.2) is 42.7 Å². The summed E-state index contributed by atoms with van der Waals surface area (Å²) in [5.74, 6) is -0.0373. The van der Waals surface area contributed by atoms with E-state index < -0.39 is 0 Å². The Morgan fingerprint density at radius 1 is 1.23 bits per heavy atom. The first-order valence-corrected chi connectivity index (χ1v) is 7.56. The zero-order chi connectivity index (χ0) is 15.8. The van der Waals surface area contributed by atoms with Crippen LogP contribution in [-0.2, 0) is 6.54 Å². The molecule has 0 aliphatic carbocycles. The second-order valence-electron chi connectivity index (χ2n) is 5.19. The van der Waals surface area contributed by atoms with E-state index in [1.165, 1.54) is 0 Å². The minimum atomic E-state index is -0.0373. The van der Waals surface area contributed by atoms with Crippen LogP contribution in [0.1, 0.15) is 35.9 Å². The van der Waals surface area contributed by atoms with Crippen molar-refractivity contribution in [2.45, 2.75) is 26.3 Å². The van der Waals surface area contributed by atoms with Crippen molar-refractivity contribution in [2.75, 3.05) is 18.9 Å². The predicted octanol–water partition coefficient (Wildman–Crippen LogP) is 2.96. The third-order valence-corrected chi connectivity index (χ3v) is 3.38. The lowest BCUT2D eigenvalue weighted by Crippen LogP contribution is -2.28. The minimum absolute atomic E-state index is 0.0373. The maximum absolute atomic E-state index is 12.2. The number of aromatic nitrogens is 2. The molecular weight excluding hydrogens is 276 g/mol. The summed E-state index contributed by atoms with van der Waals surface area (Å²) in [4.78, 5) is 22.4. The molecule has 0 aliphatic rings. The highest BCUT2D eigenvalue weighted by Gasteiger charge is 2.12. The number of rotatable bonds is 7. The largest absolute Gasteiger partial charge is 0.378 e. The van der Waals surface area contributed by atoms with Crippen LogP contribution in [0.3, 0.4) is 0 Å². The van der Waals surface area contributed by atoms with Crippen molar-refractivity contribution in [1.29, 1.82) is 0 Å². The number of carbonyl (C=O) groups is 1. The first kappa shape index (κ1) is 15.9. The molecular formula is C17H22N4O. The normalized spacial score (nSPS) is 10.3. The van der Waals surface area contributed by atoms with E-state index in [0.29, 0.717) is 12.2 Å². The van der Waals surface area contributed by atoms with Gasteiger partial charge in [0.1, 0.15) is 5.69 Å². The fourth-order valence-corrected chi connectivity index (χ4v) is 2.01. The van der Waals surface area contributed by atoms with Crippen molar-refractivity contribution in [3.8, 4) is 0 Å². The number of hydrogen-bond acceptors (Lipinski definition) is 4. The Morgan fingerprint density at radius 2 is 2.09 bits per heavy atom. The second-order valence-corrected chi connectivity index (χ2v) is 5.19. The van der Waals surface area contributed by atoms with Crippen LogP contribution in [0.4, 0.5) is 5.69 Å². The Balaban J connectivity index is 1.91. The van der Waals surface area contributed by atoms with Gasteiger partial charge in [0.2, 0.25) is 0 Å². The van der Waals surface area contributed by atoms with Gasteiger partial charge in [0.15, 0.2) is 0 Å². The van der Waals surface area contributed by atoms with E-state index in [1.807, 2.05) is 31.3 Å². The van der Waals surface area contributed by atoms with Gasteiger partial charge in [0.25, 0.3) is 5.91 Å². The fourth-order valence-electron chi connectivity index (χ4n) is 2.01. The lowest BCUT2D eigenvalue weighted by Gasteiger charge is -2.16. The minimum Gasteiger partial charge on any atom is -0.378 e. The maximum Gasteiger partial charge on any atom is 0.272 e. The summed E-state index contributed by atoms with van der Waals surface area (Å²) in [6.45, 7) is 3.50. The molecule has 5 heteroatoms. The summed E-state index contributed by atoms with van der Waals surface area (Å²) in [5.41, 5.74) is 2.31. The van der Waals surface area contributed by atoms with Gasteiger partial charge in [-0.05, 0) is 30.7 Å². The smallest absolute Gasteiger partial charge is 0.272 e. The van der Waals surface area contributed by atoms with Gasteiger partial charge < -0.3 is 10.2 Å². The zero-order valence-corrected chi connectivity index (χ0v) is 13.1. The summed E-state index contributed by atoms with van der Waals surface area (Å²) in [6, 6.07) is 9.43. The van der Waals surface area contributed by atoms with E-state index in [-0.39, 0.29) is 5.91 Å². The molecule has 22 heavy (non-hydrogen) atoms. The van der Waals surface area contributed by atoms with Gasteiger partial charge in [-0.1, -0.05) is 19.4 Å². The van der Waals surface area contributed by atoms with E-state index in [4.69, 9.17) is 0 Å². The summed E-state index contributed by atoms with van der Waals surface area (Å²) < 4.78 is 0. The van der Waals surface area contributed by atoms with Gasteiger partial charge in [0.05, 0.1) is 24.1 Å². The predicted molar refractivity (Wildman–Crippen MR) is 87.7 cm³/mol. The van der Waals surface area contributed by atoms with E-state index >= 15 is 0 Å². The van der Waals surface area contributed by atoms with Crippen LogP contribution in [0, 0.1) is 0 Å². The molecule has 116 valence electrons. The van der Waals surface area contributed by atoms with E-state index in [9.17, 15) is 4.79 Å². The summed E-state index contributed by atoms with van der Waals surface area (Å²) >= 11 is 0. The Kier molecular flexibility index (Phi) is 5.89. The Bertz CT molecular complexity index is 583. The number of hydrogen-bond donors (Lipinski definition) is 1. The first-order valence-electron chi connectivity index (χ1n) is 7.56. The number of amides is 1. The Morgan fingerprint density at radius 3 is 2.73 bits per heavy atom. The molecule has 2 heterocycles. The molecule has 0 saturated carbocycles. The summed E-state index contributed by atoms with van der Waals surface area (Å²) in [7, 11) is 1.81. The lowest BCUT2D eigenvalue weighted by molar-refractivity contribution is 0.0787. The van der Waals surface area contributed by atoms with Gasteiger partial charge in [0, 0.05) is 19.8 Å². The number of pyridine rings is 2. The van der Waals surface area contributed by atoms with Crippen LogP contribution >= 0.6 is 0 Å². The molecule has 5 nitrogen and oxygen atoms in total. The standard InChI is InChI=1S/C17H22N4O/c1-3-4-11-21(2)17(22)16-9-8-15(13-20-16)19-12-14-7-5-6-10-18-14/h5-10,13,19H,3-4,11-12H2,1-2H3. The molecule has 0 bridgehead atoms. The van der Waals surface area contributed by atoms with Crippen LogP contribution in [0.5, 0.6) is 0 Å². The van der Waals surface area contributed by atoms with Crippen molar-refractivity contribution in [1.82, 2.24) is 14.9 Å². The van der Waals surface area contributed by atoms with Crippen LogP contribution in [-0.4, -0.2) is 34.4 Å². The third kappa shape index (κ3) is 4.55. The fraction of sp³-hybridized carbons (Fsp3) is 0.353. The SMILES string of the molecule is CCCCN(C)C(=O)c1ccc(NCc2ccccn2)cn1. The van der Waals surface area contributed by atoms with Crippen LogP contribution < -0.4 is 5.32 Å². The van der Waals surface area contributed by atoms with Gasteiger partial charge in [-0.25, -0.2) is 4.98 Å². The lowest BCUT2D eigenvalue weighted by atomic mass is 10.2. The Labute approximate surface area is 131 Å². The highest BCUT2D eigenvalue weighted by Crippen LogP contribution is 2.09. The van der Waals surface area contributed by atoms with Crippen molar-refractivity contribution in [2.24, 2.45) is 0 Å². The highest BCUT2D eigenvalue weighted by molar-refractivity contribution is 5.92. The van der Waals surface area contributed by atoms with Gasteiger partial charge in [-0.3, -0.25) is 9.78 Å². The number of nitrogens with one attached hydrogen (secondary N) is 1. The molecule has 2 rings (SSSR count). The van der Waals surface area contributed by atoms with Gasteiger partial charge >= 0.3 is 0 Å². The molecule has 0 fully saturated rings. The van der Waals surface area contributed by atoms with Crippen molar-refractivity contribution >= 4 is 11.6 Å². The Hall–Kier alpha value is -2.43. The highest BCUT2D eigenvalue weighted by atomic mass is 16.2. The summed E-state index contributed by atoms with van der Waals surface area (Å²) in [5, 5.41) is 3.24. The second kappa shape index (κ2) is 8.12. The topological polar surface area (TPSA) is 58.1 Å². The first-order chi connectivity index (χ1) is 10.7. The average molecular weight is 298 g/mol. The van der Waals surface area contributed by atoms with Crippen molar-refractivity contribution in [3.63, 3.8) is 0 Å². The quantitative estimate of drug-likeness (QED) is 0.854. The summed E-state index contributed by atoms with van der Waals surface area (Å²) in [6.07, 6.45) is 5.53. The molecule has 0 radical (unpaired) electrons. The maximum atomic E-state index is 12.2.